The Morgan fingerprint density at radius 2 is 1.76 bits per heavy atom. The Morgan fingerprint density at radius 3 is 2.53 bits per heavy atom. The Hall–Kier alpha value is -0.610. The molecule has 1 aromatic carbocycles. The molecule has 0 atom stereocenters. The zero-order valence-electron chi connectivity index (χ0n) is 9.67. The van der Waals surface area contributed by atoms with E-state index in [-0.39, 0.29) is 0 Å². The van der Waals surface area contributed by atoms with Gasteiger partial charge < -0.3 is 14.8 Å². The van der Waals surface area contributed by atoms with Gasteiger partial charge in [0, 0.05) is 31.0 Å². The van der Waals surface area contributed by atoms with Gasteiger partial charge in [-0.15, -0.1) is 0 Å². The topological polar surface area (TPSA) is 30.5 Å². The molecule has 3 nitrogen and oxygen atoms in total. The molecule has 1 spiro atoms. The molecule has 2 aliphatic rings. The van der Waals surface area contributed by atoms with Crippen LogP contribution in [0, 0.1) is 0 Å². The number of hydrogen-bond donors (Lipinski definition) is 1. The van der Waals surface area contributed by atoms with Crippen molar-refractivity contribution in [3.05, 3.63) is 34.3 Å². The van der Waals surface area contributed by atoms with E-state index in [1.807, 2.05) is 18.2 Å². The first-order valence-corrected chi connectivity index (χ1v) is 6.41. The van der Waals surface area contributed by atoms with Crippen molar-refractivity contribution in [1.82, 2.24) is 5.32 Å². The van der Waals surface area contributed by atoms with Crippen LogP contribution in [0.3, 0.4) is 0 Å². The summed E-state index contributed by atoms with van der Waals surface area (Å²) >= 11 is 6.00. The highest BCUT2D eigenvalue weighted by Crippen LogP contribution is 2.32. The molecule has 4 heteroatoms. The number of hydrogen-bond acceptors (Lipinski definition) is 3. The summed E-state index contributed by atoms with van der Waals surface area (Å²) in [6.45, 7) is 3.12. The van der Waals surface area contributed by atoms with E-state index in [9.17, 15) is 0 Å². The third-order valence-electron chi connectivity index (χ3n) is 3.52. The minimum absolute atomic E-state index is 0.392. The Morgan fingerprint density at radius 1 is 1.06 bits per heavy atom. The Bertz CT molecular complexity index is 416. The highest BCUT2D eigenvalue weighted by Gasteiger charge is 2.36. The lowest BCUT2D eigenvalue weighted by atomic mass is 10.1. The van der Waals surface area contributed by atoms with E-state index in [1.165, 1.54) is 5.56 Å². The number of fused-ring (bicyclic) bond motifs is 1. The molecule has 1 aromatic rings. The fraction of sp³-hybridized carbons (Fsp3) is 0.538. The van der Waals surface area contributed by atoms with E-state index < -0.39 is 5.79 Å². The molecule has 1 fully saturated rings. The van der Waals surface area contributed by atoms with Crippen LogP contribution in [0.4, 0.5) is 0 Å². The van der Waals surface area contributed by atoms with Crippen molar-refractivity contribution in [3.63, 3.8) is 0 Å². The molecular formula is C13H16ClNO2. The molecule has 0 bridgehead atoms. The molecule has 2 heterocycles. The van der Waals surface area contributed by atoms with E-state index in [2.05, 4.69) is 5.32 Å². The Balaban J connectivity index is 1.82. The fourth-order valence-electron chi connectivity index (χ4n) is 2.43. The van der Waals surface area contributed by atoms with Crippen LogP contribution in [-0.4, -0.2) is 18.9 Å². The highest BCUT2D eigenvalue weighted by atomic mass is 35.5. The molecule has 0 saturated carbocycles. The van der Waals surface area contributed by atoms with Gasteiger partial charge in [-0.3, -0.25) is 0 Å². The minimum atomic E-state index is -0.392. The molecule has 1 N–H and O–H groups in total. The predicted molar refractivity (Wildman–Crippen MR) is 65.9 cm³/mol. The lowest BCUT2D eigenvalue weighted by molar-refractivity contribution is -0.255. The molecule has 2 aliphatic heterocycles. The number of benzene rings is 1. The average Bonchev–Trinajstić information content (AvgIpc) is 2.52. The maximum Gasteiger partial charge on any atom is 0.171 e. The highest BCUT2D eigenvalue weighted by molar-refractivity contribution is 6.30. The number of halogens is 1. The second-order valence-corrected chi connectivity index (χ2v) is 5.09. The van der Waals surface area contributed by atoms with E-state index in [0.717, 1.165) is 36.5 Å². The summed E-state index contributed by atoms with van der Waals surface area (Å²) in [6.07, 6.45) is 1.82. The second-order valence-electron chi connectivity index (χ2n) is 4.65. The van der Waals surface area contributed by atoms with Gasteiger partial charge >= 0.3 is 0 Å². The molecule has 3 rings (SSSR count). The normalized spacial score (nSPS) is 23.1. The Kier molecular flexibility index (Phi) is 3.09. The molecule has 17 heavy (non-hydrogen) atoms. The van der Waals surface area contributed by atoms with Gasteiger partial charge in [-0.2, -0.15) is 0 Å². The molecule has 0 unspecified atom stereocenters. The van der Waals surface area contributed by atoms with Crippen LogP contribution < -0.4 is 5.32 Å². The fourth-order valence-corrected chi connectivity index (χ4v) is 2.62. The van der Waals surface area contributed by atoms with Crippen molar-refractivity contribution in [2.75, 3.05) is 13.1 Å². The lowest BCUT2D eigenvalue weighted by Gasteiger charge is -2.35. The third kappa shape index (κ3) is 2.33. The van der Waals surface area contributed by atoms with Crippen molar-refractivity contribution in [1.29, 1.82) is 0 Å². The van der Waals surface area contributed by atoms with Gasteiger partial charge in [-0.1, -0.05) is 17.7 Å². The van der Waals surface area contributed by atoms with Crippen molar-refractivity contribution in [2.24, 2.45) is 0 Å². The molecule has 0 aliphatic carbocycles. The molecule has 1 saturated heterocycles. The van der Waals surface area contributed by atoms with E-state index in [4.69, 9.17) is 21.1 Å². The maximum absolute atomic E-state index is 6.00. The van der Waals surface area contributed by atoms with E-state index in [1.54, 1.807) is 0 Å². The van der Waals surface area contributed by atoms with Crippen LogP contribution in [0.2, 0.25) is 5.02 Å². The maximum atomic E-state index is 6.00. The molecular weight excluding hydrogens is 238 g/mol. The van der Waals surface area contributed by atoms with Crippen LogP contribution in [0.1, 0.15) is 24.0 Å². The smallest absolute Gasteiger partial charge is 0.171 e. The summed E-state index contributed by atoms with van der Waals surface area (Å²) < 4.78 is 12.0. The summed E-state index contributed by atoms with van der Waals surface area (Å²) in [5.41, 5.74) is 2.33. The third-order valence-corrected chi connectivity index (χ3v) is 3.75. The van der Waals surface area contributed by atoms with Gasteiger partial charge in [0.2, 0.25) is 0 Å². The van der Waals surface area contributed by atoms with E-state index in [0.29, 0.717) is 13.2 Å². The van der Waals surface area contributed by atoms with Crippen molar-refractivity contribution in [3.8, 4) is 0 Å². The minimum Gasteiger partial charge on any atom is -0.345 e. The van der Waals surface area contributed by atoms with Crippen molar-refractivity contribution >= 4 is 11.6 Å². The van der Waals surface area contributed by atoms with Gasteiger partial charge in [0.15, 0.2) is 5.79 Å². The lowest BCUT2D eigenvalue weighted by Crippen LogP contribution is -2.45. The molecule has 92 valence electrons. The second kappa shape index (κ2) is 4.58. The van der Waals surface area contributed by atoms with Gasteiger partial charge in [0.05, 0.1) is 13.2 Å². The predicted octanol–water partition coefficient (Wildman–Crippen LogP) is 2.47. The standard InChI is InChI=1S/C13H16ClNO2/c14-12-2-1-10-8-16-13(3-5-15-6-4-13)17-9-11(10)7-12/h1-2,7,15H,3-6,8-9H2. The van der Waals surface area contributed by atoms with Gasteiger partial charge in [0.25, 0.3) is 0 Å². The van der Waals surface area contributed by atoms with Crippen LogP contribution in [0.5, 0.6) is 0 Å². The number of ether oxygens (including phenoxy) is 2. The van der Waals surface area contributed by atoms with Crippen LogP contribution in [0.25, 0.3) is 0 Å². The largest absolute Gasteiger partial charge is 0.345 e. The molecule has 0 radical (unpaired) electrons. The first-order chi connectivity index (χ1) is 8.27. The van der Waals surface area contributed by atoms with Crippen LogP contribution in [0.15, 0.2) is 18.2 Å². The number of nitrogens with one attached hydrogen (secondary N) is 1. The monoisotopic (exact) mass is 253 g/mol. The van der Waals surface area contributed by atoms with Gasteiger partial charge in [0.1, 0.15) is 0 Å². The van der Waals surface area contributed by atoms with Crippen molar-refractivity contribution < 1.29 is 9.47 Å². The van der Waals surface area contributed by atoms with Gasteiger partial charge in [-0.25, -0.2) is 0 Å². The zero-order valence-corrected chi connectivity index (χ0v) is 10.4. The van der Waals surface area contributed by atoms with Gasteiger partial charge in [-0.05, 0) is 23.3 Å². The summed E-state index contributed by atoms with van der Waals surface area (Å²) in [5.74, 6) is -0.392. The summed E-state index contributed by atoms with van der Waals surface area (Å²) in [5, 5.41) is 4.08. The summed E-state index contributed by atoms with van der Waals surface area (Å²) in [7, 11) is 0. The quantitative estimate of drug-likeness (QED) is 0.771. The summed E-state index contributed by atoms with van der Waals surface area (Å²) in [6, 6.07) is 5.91. The molecule has 0 amide bonds. The van der Waals surface area contributed by atoms with E-state index >= 15 is 0 Å². The SMILES string of the molecule is Clc1ccc2c(c1)COC1(CCNCC1)OC2. The number of rotatable bonds is 0. The number of piperidine rings is 1. The van der Waals surface area contributed by atoms with Crippen molar-refractivity contribution in [2.45, 2.75) is 31.8 Å². The zero-order chi connectivity index (χ0) is 11.7. The average molecular weight is 254 g/mol. The molecule has 0 aromatic heterocycles. The first kappa shape index (κ1) is 11.5. The first-order valence-electron chi connectivity index (χ1n) is 6.03. The van der Waals surface area contributed by atoms with Crippen LogP contribution in [-0.2, 0) is 22.7 Å². The Labute approximate surface area is 106 Å². The summed E-state index contributed by atoms with van der Waals surface area (Å²) in [4.78, 5) is 0. The van der Waals surface area contributed by atoms with Crippen LogP contribution >= 0.6 is 11.6 Å².